The molecule has 0 radical (unpaired) electrons. The Hall–Kier alpha value is -1.54. The Morgan fingerprint density at radius 3 is 0.899 bits per heavy atom. The lowest BCUT2D eigenvalue weighted by atomic mass is 10.0. The molecule has 526 valence electrons. The molecule has 3 N–H and O–H groups in total. The van der Waals surface area contributed by atoms with E-state index in [0.29, 0.717) is 17.4 Å². The molecular weight excluding hydrogens is 1120 g/mol. The van der Waals surface area contributed by atoms with Crippen LogP contribution in [0.5, 0.6) is 0 Å². The number of amides is 1. The van der Waals surface area contributed by atoms with Crippen molar-refractivity contribution in [1.82, 2.24) is 5.32 Å². The molecule has 0 aromatic heterocycles. The van der Waals surface area contributed by atoms with Crippen molar-refractivity contribution >= 4 is 13.7 Å². The number of rotatable bonds is 74. The van der Waals surface area contributed by atoms with Crippen LogP contribution in [-0.2, 0) is 18.4 Å². The molecule has 0 saturated heterocycles. The first-order valence-electron chi connectivity index (χ1n) is 39.5. The number of nitrogens with zero attached hydrogens (tertiary/aromatic N) is 1. The number of unbranched alkanes of at least 4 members (excludes halogenated alkanes) is 55. The van der Waals surface area contributed by atoms with Crippen molar-refractivity contribution in [2.75, 3.05) is 40.9 Å². The first-order valence-corrected chi connectivity index (χ1v) is 41.0. The van der Waals surface area contributed by atoms with Crippen LogP contribution < -0.4 is 5.32 Å². The zero-order valence-corrected chi connectivity index (χ0v) is 61.3. The number of likely N-dealkylation sites (N-methyl/N-ethyl adjacent to an activating group) is 1. The van der Waals surface area contributed by atoms with Crippen LogP contribution in [0.4, 0.5) is 0 Å². The summed E-state index contributed by atoms with van der Waals surface area (Å²) >= 11 is 0. The maximum atomic E-state index is 13.1. The van der Waals surface area contributed by atoms with Gasteiger partial charge in [0.25, 0.3) is 0 Å². The first-order chi connectivity index (χ1) is 43.5. The highest BCUT2D eigenvalue weighted by Gasteiger charge is 2.28. The van der Waals surface area contributed by atoms with Crippen LogP contribution in [0.3, 0.4) is 0 Å². The first kappa shape index (κ1) is 87.5. The molecule has 0 spiro atoms. The van der Waals surface area contributed by atoms with E-state index in [2.05, 4.69) is 55.6 Å². The minimum atomic E-state index is -4.37. The van der Waals surface area contributed by atoms with Crippen LogP contribution in [0.2, 0.25) is 0 Å². The molecule has 1 amide bonds. The third-order valence-corrected chi connectivity index (χ3v) is 19.2. The minimum absolute atomic E-state index is 0.0549. The van der Waals surface area contributed by atoms with E-state index in [0.717, 1.165) is 44.9 Å². The predicted molar refractivity (Wildman–Crippen MR) is 392 cm³/mol. The lowest BCUT2D eigenvalue weighted by Gasteiger charge is -2.25. The highest BCUT2D eigenvalue weighted by molar-refractivity contribution is 7.47. The van der Waals surface area contributed by atoms with Gasteiger partial charge >= 0.3 is 7.82 Å². The molecule has 0 aromatic carbocycles. The van der Waals surface area contributed by atoms with E-state index in [1.165, 1.54) is 340 Å². The van der Waals surface area contributed by atoms with Gasteiger partial charge in [-0.15, -0.1) is 0 Å². The van der Waals surface area contributed by atoms with Crippen molar-refractivity contribution in [3.63, 3.8) is 0 Å². The summed E-state index contributed by atoms with van der Waals surface area (Å²) in [4.78, 5) is 23.5. The Bertz CT molecular complexity index is 1590. The van der Waals surface area contributed by atoms with Crippen molar-refractivity contribution in [2.24, 2.45) is 0 Å². The molecule has 0 bridgehead atoms. The van der Waals surface area contributed by atoms with Gasteiger partial charge < -0.3 is 19.8 Å². The van der Waals surface area contributed by atoms with E-state index in [-0.39, 0.29) is 19.1 Å². The number of aliphatic hydroxyl groups excluding tert-OH is 1. The van der Waals surface area contributed by atoms with Crippen molar-refractivity contribution in [3.8, 4) is 0 Å². The summed E-state index contributed by atoms with van der Waals surface area (Å²) < 4.78 is 23.8. The van der Waals surface area contributed by atoms with E-state index in [9.17, 15) is 19.4 Å². The number of phosphoric ester groups is 1. The predicted octanol–water partition coefficient (Wildman–Crippen LogP) is 25.7. The molecule has 0 aliphatic rings. The second-order valence-corrected chi connectivity index (χ2v) is 29.9. The number of phosphoric acid groups is 1. The monoisotopic (exact) mass is 1270 g/mol. The molecule has 0 fully saturated rings. The number of hydrogen-bond acceptors (Lipinski definition) is 5. The molecule has 0 aliphatic carbocycles. The minimum Gasteiger partial charge on any atom is -0.387 e. The second-order valence-electron chi connectivity index (χ2n) is 28.4. The molecule has 0 rings (SSSR count). The molecule has 0 aliphatic heterocycles. The molecule has 8 nitrogen and oxygen atoms in total. The maximum absolute atomic E-state index is 13.1. The Morgan fingerprint density at radius 2 is 0.618 bits per heavy atom. The van der Waals surface area contributed by atoms with Crippen LogP contribution in [0.15, 0.2) is 48.6 Å². The Kier molecular flexibility index (Phi) is 69.5. The van der Waals surface area contributed by atoms with Gasteiger partial charge in [0.2, 0.25) is 5.91 Å². The van der Waals surface area contributed by atoms with Gasteiger partial charge in [-0.3, -0.25) is 13.8 Å². The molecule has 0 aromatic rings. The lowest BCUT2D eigenvalue weighted by Crippen LogP contribution is -2.45. The van der Waals surface area contributed by atoms with Crippen molar-refractivity contribution in [2.45, 2.75) is 418 Å². The maximum Gasteiger partial charge on any atom is 0.472 e. The second kappa shape index (κ2) is 70.8. The van der Waals surface area contributed by atoms with E-state index >= 15 is 0 Å². The summed E-state index contributed by atoms with van der Waals surface area (Å²) in [6.45, 7) is 4.85. The third kappa shape index (κ3) is 73.7. The molecule has 89 heavy (non-hydrogen) atoms. The van der Waals surface area contributed by atoms with Gasteiger partial charge in [-0.2, -0.15) is 0 Å². The molecule has 3 atom stereocenters. The third-order valence-electron chi connectivity index (χ3n) is 18.2. The lowest BCUT2D eigenvalue weighted by molar-refractivity contribution is -0.870. The topological polar surface area (TPSA) is 105 Å². The largest absolute Gasteiger partial charge is 0.472 e. The van der Waals surface area contributed by atoms with Crippen molar-refractivity contribution in [1.29, 1.82) is 0 Å². The average molecular weight is 1270 g/mol. The van der Waals surface area contributed by atoms with Crippen molar-refractivity contribution in [3.05, 3.63) is 48.6 Å². The van der Waals surface area contributed by atoms with Gasteiger partial charge in [-0.05, 0) is 70.6 Å². The average Bonchev–Trinajstić information content (AvgIpc) is 3.55. The number of nitrogens with one attached hydrogen (secondary N) is 1. The van der Waals surface area contributed by atoms with Crippen LogP contribution in [-0.4, -0.2) is 73.4 Å². The number of allylic oxidation sites excluding steroid dienone is 7. The summed E-state index contributed by atoms with van der Waals surface area (Å²) in [5.74, 6) is -0.183. The van der Waals surface area contributed by atoms with Gasteiger partial charge in [0.05, 0.1) is 39.9 Å². The normalized spacial score (nSPS) is 13.7. The summed E-state index contributed by atoms with van der Waals surface area (Å²) in [6.07, 6.45) is 97.5. The summed E-state index contributed by atoms with van der Waals surface area (Å²) in [7, 11) is 1.56. The molecular formula is C80H156N2O6P+. The fourth-order valence-electron chi connectivity index (χ4n) is 12.1. The Morgan fingerprint density at radius 1 is 0.371 bits per heavy atom. The van der Waals surface area contributed by atoms with Gasteiger partial charge in [0, 0.05) is 6.42 Å². The number of carbonyl (C=O) groups excluding carboxylic acids is 1. The number of quaternary nitrogens is 1. The SMILES string of the molecule is CCCCCCCCCC/C=C\CCCCCCCCCCCCCCCCCCCCCCCCCCCCCC(=O)NC(COP(=O)(O)OCC[N+](C)(C)C)C(O)/C=C/CC/C=C/CC/C=C/CCCCCCCCCCCCCCCCCCCC. The fourth-order valence-corrected chi connectivity index (χ4v) is 12.9. The molecule has 0 heterocycles. The van der Waals surface area contributed by atoms with Crippen LogP contribution in [0, 0.1) is 0 Å². The zero-order valence-electron chi connectivity index (χ0n) is 60.5. The molecule has 9 heteroatoms. The Balaban J connectivity index is 3.97. The number of aliphatic hydroxyl groups is 1. The van der Waals surface area contributed by atoms with E-state index in [1.807, 2.05) is 27.2 Å². The summed E-state index contributed by atoms with van der Waals surface area (Å²) in [5.41, 5.74) is 0. The van der Waals surface area contributed by atoms with Crippen LogP contribution in [0.25, 0.3) is 0 Å². The van der Waals surface area contributed by atoms with Gasteiger partial charge in [-0.25, -0.2) is 4.57 Å². The van der Waals surface area contributed by atoms with Gasteiger partial charge in [0.15, 0.2) is 0 Å². The Labute approximate surface area is 556 Å². The molecule has 3 unspecified atom stereocenters. The van der Waals surface area contributed by atoms with E-state index in [1.54, 1.807) is 6.08 Å². The van der Waals surface area contributed by atoms with Crippen molar-refractivity contribution < 1.29 is 32.9 Å². The summed E-state index contributed by atoms with van der Waals surface area (Å²) in [5, 5.41) is 14.0. The number of hydrogen-bond donors (Lipinski definition) is 3. The standard InChI is InChI=1S/C80H155N2O6P/c1-6-8-10-12-14-16-18-20-22-24-26-28-30-32-34-36-37-38-39-40-41-42-43-44-45-46-48-50-52-54-56-58-60-62-64-66-68-70-72-74-80(84)81-78(77-88-89(85,86)87-76-75-82(3,4)5)79(83)73-71-69-67-65-63-61-59-57-55-53-51-49-47-35-33-31-29-27-25-23-21-19-17-15-13-11-9-7-2/h24,26,55,57,63,65,71,73,78-79,83H,6-23,25,27-54,56,58-62,64,66-70,72,74-77H2,1-5H3,(H-,81,84,85,86)/p+1/b26-24-,57-55+,65-63+,73-71+. The van der Waals surface area contributed by atoms with E-state index < -0.39 is 20.0 Å². The van der Waals surface area contributed by atoms with Crippen LogP contribution >= 0.6 is 7.82 Å². The smallest absolute Gasteiger partial charge is 0.387 e. The zero-order chi connectivity index (χ0) is 64.8. The highest BCUT2D eigenvalue weighted by atomic mass is 31.2. The quantitative estimate of drug-likeness (QED) is 0.0243. The molecule has 0 saturated carbocycles. The van der Waals surface area contributed by atoms with Gasteiger partial charge in [0.1, 0.15) is 13.2 Å². The number of carbonyl (C=O) groups is 1. The fraction of sp³-hybridized carbons (Fsp3) is 0.887. The van der Waals surface area contributed by atoms with Gasteiger partial charge in [-0.1, -0.05) is 377 Å². The van der Waals surface area contributed by atoms with E-state index in [4.69, 9.17) is 9.05 Å². The van der Waals surface area contributed by atoms with Crippen LogP contribution in [0.1, 0.15) is 406 Å². The summed E-state index contributed by atoms with van der Waals surface area (Å²) in [6, 6.07) is -0.871. The highest BCUT2D eigenvalue weighted by Crippen LogP contribution is 2.43.